The Morgan fingerprint density at radius 1 is 1.56 bits per heavy atom. The number of imidazole rings is 1. The number of carbonyl (C=O) groups is 1. The third kappa shape index (κ3) is 3.74. The summed E-state index contributed by atoms with van der Waals surface area (Å²) in [7, 11) is 1.66. The molecule has 0 aliphatic heterocycles. The number of ether oxygens (including phenoxy) is 1. The highest BCUT2D eigenvalue weighted by Gasteiger charge is 2.18. The predicted octanol–water partition coefficient (Wildman–Crippen LogP) is 2.39. The van der Waals surface area contributed by atoms with Crippen molar-refractivity contribution in [2.45, 2.75) is 37.9 Å². The molecule has 1 unspecified atom stereocenters. The van der Waals surface area contributed by atoms with E-state index in [1.54, 1.807) is 7.11 Å². The molecule has 0 aromatic carbocycles. The number of aromatic nitrogens is 2. The number of thioether (sulfide) groups is 1. The minimum atomic E-state index is -0.833. The van der Waals surface area contributed by atoms with E-state index in [2.05, 4.69) is 23.4 Å². The van der Waals surface area contributed by atoms with Crippen LogP contribution in [0.15, 0.2) is 11.4 Å². The van der Waals surface area contributed by atoms with Gasteiger partial charge in [0.1, 0.15) is 0 Å². The maximum Gasteiger partial charge on any atom is 0.313 e. The van der Waals surface area contributed by atoms with Gasteiger partial charge in [-0.25, -0.2) is 4.98 Å². The van der Waals surface area contributed by atoms with E-state index in [1.807, 2.05) is 13.1 Å². The van der Waals surface area contributed by atoms with Gasteiger partial charge in [0.15, 0.2) is 5.16 Å². The lowest BCUT2D eigenvalue weighted by atomic mass is 10.1. The fraction of sp³-hybridized carbons (Fsp3) is 0.667. The normalized spacial score (nSPS) is 12.9. The first-order valence-electron chi connectivity index (χ1n) is 5.88. The number of hydrogen-bond donors (Lipinski definition) is 1. The molecule has 1 aromatic heterocycles. The van der Waals surface area contributed by atoms with Gasteiger partial charge >= 0.3 is 5.97 Å². The number of nitrogens with zero attached hydrogens (tertiary/aromatic N) is 2. The highest BCUT2D eigenvalue weighted by atomic mass is 32.2. The molecule has 0 bridgehead atoms. The molecule has 0 spiro atoms. The Hall–Kier alpha value is -1.01. The quantitative estimate of drug-likeness (QED) is 0.772. The Bertz CT molecular complexity index is 404. The van der Waals surface area contributed by atoms with Crippen LogP contribution in [0.25, 0.3) is 0 Å². The molecule has 0 radical (unpaired) electrons. The fourth-order valence-electron chi connectivity index (χ4n) is 1.78. The fourth-order valence-corrected chi connectivity index (χ4v) is 2.58. The lowest BCUT2D eigenvalue weighted by Gasteiger charge is -2.20. The number of carboxylic acids is 1. The van der Waals surface area contributed by atoms with Crippen molar-refractivity contribution < 1.29 is 14.6 Å². The van der Waals surface area contributed by atoms with Crippen LogP contribution in [0.3, 0.4) is 0 Å². The lowest BCUT2D eigenvalue weighted by molar-refractivity contribution is -0.133. The molecule has 0 aliphatic rings. The summed E-state index contributed by atoms with van der Waals surface area (Å²) in [5.41, 5.74) is 1.10. The zero-order valence-electron chi connectivity index (χ0n) is 11.2. The van der Waals surface area contributed by atoms with E-state index in [0.29, 0.717) is 12.5 Å². The standard InChI is InChI=1S/C12H20N2O3S/c1-8(2)10-5-13-12(18-7-11(15)16)14(10)9(3)6-17-4/h5,8-9H,6-7H2,1-4H3,(H,15,16). The summed E-state index contributed by atoms with van der Waals surface area (Å²) in [5.74, 6) is -0.468. The molecule has 0 fully saturated rings. The molecule has 0 aliphatic carbocycles. The number of rotatable bonds is 7. The van der Waals surface area contributed by atoms with Crippen LogP contribution in [0.5, 0.6) is 0 Å². The summed E-state index contributed by atoms with van der Waals surface area (Å²) in [4.78, 5) is 15.0. The highest BCUT2D eigenvalue weighted by Crippen LogP contribution is 2.27. The lowest BCUT2D eigenvalue weighted by Crippen LogP contribution is -2.16. The first-order chi connectivity index (χ1) is 8.47. The third-order valence-electron chi connectivity index (χ3n) is 2.56. The van der Waals surface area contributed by atoms with Crippen LogP contribution in [0.1, 0.15) is 38.4 Å². The van der Waals surface area contributed by atoms with Crippen LogP contribution < -0.4 is 0 Å². The van der Waals surface area contributed by atoms with Crippen LogP contribution in [0.4, 0.5) is 0 Å². The summed E-state index contributed by atoms with van der Waals surface area (Å²) < 4.78 is 7.24. The molecule has 0 saturated carbocycles. The molecule has 18 heavy (non-hydrogen) atoms. The molecule has 5 nitrogen and oxygen atoms in total. The van der Waals surface area contributed by atoms with E-state index < -0.39 is 5.97 Å². The van der Waals surface area contributed by atoms with E-state index in [0.717, 1.165) is 10.9 Å². The largest absolute Gasteiger partial charge is 0.481 e. The molecule has 1 atom stereocenters. The van der Waals surface area contributed by atoms with Gasteiger partial charge < -0.3 is 14.4 Å². The maximum atomic E-state index is 10.6. The Morgan fingerprint density at radius 2 is 2.22 bits per heavy atom. The molecule has 102 valence electrons. The average molecular weight is 272 g/mol. The Kier molecular flexibility index (Phi) is 5.68. The van der Waals surface area contributed by atoms with Crippen LogP contribution in [0, 0.1) is 0 Å². The monoisotopic (exact) mass is 272 g/mol. The van der Waals surface area contributed by atoms with Gasteiger partial charge in [0.25, 0.3) is 0 Å². The minimum Gasteiger partial charge on any atom is -0.481 e. The molecule has 1 aromatic rings. The molecule has 1 N–H and O–H groups in total. The van der Waals surface area contributed by atoms with E-state index >= 15 is 0 Å². The number of carboxylic acid groups (broad SMARTS) is 1. The first kappa shape index (κ1) is 15.0. The summed E-state index contributed by atoms with van der Waals surface area (Å²) in [6.07, 6.45) is 1.82. The molecule has 0 amide bonds. The average Bonchev–Trinajstić information content (AvgIpc) is 2.70. The van der Waals surface area contributed by atoms with Crippen molar-refractivity contribution in [3.63, 3.8) is 0 Å². The van der Waals surface area contributed by atoms with Crippen molar-refractivity contribution in [1.29, 1.82) is 0 Å². The van der Waals surface area contributed by atoms with Crippen molar-refractivity contribution in [1.82, 2.24) is 9.55 Å². The van der Waals surface area contributed by atoms with Gasteiger partial charge in [-0.3, -0.25) is 4.79 Å². The van der Waals surface area contributed by atoms with Gasteiger partial charge in [-0.2, -0.15) is 0 Å². The number of hydrogen-bond acceptors (Lipinski definition) is 4. The number of aliphatic carboxylic acids is 1. The second-order valence-corrected chi connectivity index (χ2v) is 5.42. The highest BCUT2D eigenvalue weighted by molar-refractivity contribution is 7.99. The number of methoxy groups -OCH3 is 1. The first-order valence-corrected chi connectivity index (χ1v) is 6.86. The predicted molar refractivity (Wildman–Crippen MR) is 71.3 cm³/mol. The van der Waals surface area contributed by atoms with Gasteiger partial charge in [0.2, 0.25) is 0 Å². The Balaban J connectivity index is 2.98. The maximum absolute atomic E-state index is 10.6. The Morgan fingerprint density at radius 3 is 2.72 bits per heavy atom. The topological polar surface area (TPSA) is 64.4 Å². The molecule has 1 rings (SSSR count). The minimum absolute atomic E-state index is 0.0221. The van der Waals surface area contributed by atoms with Crippen LogP contribution >= 0.6 is 11.8 Å². The third-order valence-corrected chi connectivity index (χ3v) is 3.51. The zero-order chi connectivity index (χ0) is 13.7. The molecule has 1 heterocycles. The Labute approximate surface area is 112 Å². The van der Waals surface area contributed by atoms with Crippen molar-refractivity contribution in [3.05, 3.63) is 11.9 Å². The van der Waals surface area contributed by atoms with Gasteiger partial charge in [0, 0.05) is 19.0 Å². The van der Waals surface area contributed by atoms with Gasteiger partial charge in [-0.1, -0.05) is 25.6 Å². The smallest absolute Gasteiger partial charge is 0.313 e. The molecular formula is C12H20N2O3S. The molecular weight excluding hydrogens is 252 g/mol. The summed E-state index contributed by atoms with van der Waals surface area (Å²) >= 11 is 1.24. The van der Waals surface area contributed by atoms with Gasteiger partial charge in [-0.15, -0.1) is 0 Å². The SMILES string of the molecule is COCC(C)n1c(C(C)C)cnc1SCC(=O)O. The van der Waals surface area contributed by atoms with E-state index in [9.17, 15) is 4.79 Å². The van der Waals surface area contributed by atoms with Crippen molar-refractivity contribution in [2.75, 3.05) is 19.5 Å². The summed E-state index contributed by atoms with van der Waals surface area (Å²) in [6, 6.07) is 0.145. The summed E-state index contributed by atoms with van der Waals surface area (Å²) in [6.45, 7) is 6.82. The van der Waals surface area contributed by atoms with Gasteiger partial charge in [0.05, 0.1) is 18.4 Å². The second-order valence-electron chi connectivity index (χ2n) is 4.48. The van der Waals surface area contributed by atoms with E-state index in [-0.39, 0.29) is 11.8 Å². The van der Waals surface area contributed by atoms with Crippen LogP contribution in [-0.2, 0) is 9.53 Å². The van der Waals surface area contributed by atoms with Crippen molar-refractivity contribution in [2.24, 2.45) is 0 Å². The van der Waals surface area contributed by atoms with E-state index in [1.165, 1.54) is 11.8 Å². The van der Waals surface area contributed by atoms with Crippen LogP contribution in [0.2, 0.25) is 0 Å². The van der Waals surface area contributed by atoms with Crippen molar-refractivity contribution >= 4 is 17.7 Å². The second kappa shape index (κ2) is 6.80. The zero-order valence-corrected chi connectivity index (χ0v) is 12.0. The van der Waals surface area contributed by atoms with Crippen molar-refractivity contribution in [3.8, 4) is 0 Å². The van der Waals surface area contributed by atoms with Gasteiger partial charge in [-0.05, 0) is 12.8 Å². The molecule has 0 saturated heterocycles. The molecule has 6 heteroatoms. The summed E-state index contributed by atoms with van der Waals surface area (Å²) in [5, 5.41) is 9.48. The van der Waals surface area contributed by atoms with Crippen LogP contribution in [-0.4, -0.2) is 40.1 Å². The van der Waals surface area contributed by atoms with E-state index in [4.69, 9.17) is 9.84 Å².